The molecule has 6 heteroatoms. The monoisotopic (exact) mass is 333 g/mol. The summed E-state index contributed by atoms with van der Waals surface area (Å²) < 4.78 is 5.34. The van der Waals surface area contributed by atoms with Crippen molar-refractivity contribution in [3.8, 4) is 0 Å². The lowest BCUT2D eigenvalue weighted by molar-refractivity contribution is -0.133. The first-order chi connectivity index (χ1) is 11.2. The summed E-state index contributed by atoms with van der Waals surface area (Å²) in [5.74, 6) is 1.73. The third kappa shape index (κ3) is 3.91. The van der Waals surface area contributed by atoms with Crippen molar-refractivity contribution in [2.45, 2.75) is 38.5 Å². The Morgan fingerprint density at radius 2 is 2.13 bits per heavy atom. The van der Waals surface area contributed by atoms with Crippen LogP contribution >= 0.6 is 11.6 Å². The first-order valence-electron chi connectivity index (χ1n) is 8.00. The molecule has 1 amide bonds. The van der Waals surface area contributed by atoms with Crippen molar-refractivity contribution >= 4 is 17.5 Å². The van der Waals surface area contributed by atoms with E-state index in [1.54, 1.807) is 0 Å². The summed E-state index contributed by atoms with van der Waals surface area (Å²) in [4.78, 5) is 18.5. The van der Waals surface area contributed by atoms with E-state index >= 15 is 0 Å². The summed E-state index contributed by atoms with van der Waals surface area (Å²) in [5.41, 5.74) is 1.18. The van der Waals surface area contributed by atoms with Gasteiger partial charge in [-0.1, -0.05) is 35.8 Å². The highest BCUT2D eigenvalue weighted by Gasteiger charge is 2.29. The van der Waals surface area contributed by atoms with Gasteiger partial charge in [-0.3, -0.25) is 4.79 Å². The zero-order valence-electron chi connectivity index (χ0n) is 13.2. The molecule has 1 atom stereocenters. The van der Waals surface area contributed by atoms with E-state index in [9.17, 15) is 4.79 Å². The largest absolute Gasteiger partial charge is 0.342 e. The van der Waals surface area contributed by atoms with Crippen LogP contribution in [-0.2, 0) is 17.6 Å². The van der Waals surface area contributed by atoms with Crippen molar-refractivity contribution in [3.05, 3.63) is 46.6 Å². The van der Waals surface area contributed by atoms with Crippen LogP contribution in [0.15, 0.2) is 28.8 Å². The van der Waals surface area contributed by atoms with Crippen molar-refractivity contribution in [3.63, 3.8) is 0 Å². The number of amides is 1. The second-order valence-corrected chi connectivity index (χ2v) is 6.29. The number of hydrogen-bond donors (Lipinski definition) is 0. The van der Waals surface area contributed by atoms with Gasteiger partial charge in [0.15, 0.2) is 5.82 Å². The van der Waals surface area contributed by atoms with Crippen LogP contribution in [-0.4, -0.2) is 34.0 Å². The molecule has 122 valence electrons. The minimum absolute atomic E-state index is 0.144. The van der Waals surface area contributed by atoms with Crippen LogP contribution in [0.2, 0.25) is 5.02 Å². The molecule has 1 aromatic heterocycles. The maximum absolute atomic E-state index is 12.1. The van der Waals surface area contributed by atoms with E-state index in [0.717, 1.165) is 30.1 Å². The van der Waals surface area contributed by atoms with E-state index < -0.39 is 0 Å². The Balaban J connectivity index is 1.61. The van der Waals surface area contributed by atoms with Gasteiger partial charge in [0.1, 0.15) is 0 Å². The Bertz CT molecular complexity index is 669. The summed E-state index contributed by atoms with van der Waals surface area (Å²) in [6.07, 6.45) is 2.89. The zero-order chi connectivity index (χ0) is 16.2. The standard InChI is InChI=1S/C17H20ClN3O2/c1-2-15-19-17(23-20-15)13-5-8-16(22)21(11-13)10-9-12-3-6-14(18)7-4-12/h3-4,6-7,13H,2,5,8-11H2,1H3. The molecule has 0 saturated carbocycles. The van der Waals surface area contributed by atoms with Crippen molar-refractivity contribution < 1.29 is 9.32 Å². The summed E-state index contributed by atoms with van der Waals surface area (Å²) in [5, 5.41) is 4.68. The predicted molar refractivity (Wildman–Crippen MR) is 87.4 cm³/mol. The third-order valence-electron chi connectivity index (χ3n) is 4.23. The number of piperidine rings is 1. The molecule has 1 aliphatic rings. The maximum atomic E-state index is 12.1. The van der Waals surface area contributed by atoms with Crippen molar-refractivity contribution in [2.24, 2.45) is 0 Å². The lowest BCUT2D eigenvalue weighted by Crippen LogP contribution is -2.40. The molecule has 2 heterocycles. The summed E-state index contributed by atoms with van der Waals surface area (Å²) in [6, 6.07) is 7.75. The van der Waals surface area contributed by atoms with Gasteiger partial charge < -0.3 is 9.42 Å². The highest BCUT2D eigenvalue weighted by atomic mass is 35.5. The van der Waals surface area contributed by atoms with Crippen molar-refractivity contribution in [1.29, 1.82) is 0 Å². The topological polar surface area (TPSA) is 59.2 Å². The molecule has 1 unspecified atom stereocenters. The summed E-state index contributed by atoms with van der Waals surface area (Å²) in [6.45, 7) is 3.35. The molecule has 0 aliphatic carbocycles. The van der Waals surface area contributed by atoms with Gasteiger partial charge in [0, 0.05) is 31.0 Å². The van der Waals surface area contributed by atoms with Crippen LogP contribution < -0.4 is 0 Å². The first kappa shape index (κ1) is 16.0. The number of aromatic nitrogens is 2. The number of halogens is 1. The Morgan fingerprint density at radius 1 is 1.35 bits per heavy atom. The fourth-order valence-corrected chi connectivity index (χ4v) is 2.95. The molecule has 0 spiro atoms. The fourth-order valence-electron chi connectivity index (χ4n) is 2.82. The molecular weight excluding hydrogens is 314 g/mol. The van der Waals surface area contributed by atoms with Gasteiger partial charge in [-0.25, -0.2) is 0 Å². The van der Waals surface area contributed by atoms with E-state index in [1.165, 1.54) is 5.56 Å². The quantitative estimate of drug-likeness (QED) is 0.842. The highest BCUT2D eigenvalue weighted by Crippen LogP contribution is 2.26. The van der Waals surface area contributed by atoms with Gasteiger partial charge in [0.2, 0.25) is 11.8 Å². The van der Waals surface area contributed by atoms with E-state index in [1.807, 2.05) is 36.1 Å². The van der Waals surface area contributed by atoms with Gasteiger partial charge >= 0.3 is 0 Å². The zero-order valence-corrected chi connectivity index (χ0v) is 13.9. The van der Waals surface area contributed by atoms with Crippen LogP contribution in [0.3, 0.4) is 0 Å². The number of carbonyl (C=O) groups is 1. The summed E-state index contributed by atoms with van der Waals surface area (Å²) >= 11 is 5.90. The Kier molecular flexibility index (Phi) is 4.96. The number of nitrogens with zero attached hydrogens (tertiary/aromatic N) is 3. The van der Waals surface area contributed by atoms with Crippen LogP contribution in [0.1, 0.15) is 43.0 Å². The SMILES string of the molecule is CCc1noc(C2CCC(=O)N(CCc3ccc(Cl)cc3)C2)n1. The number of benzene rings is 1. The lowest BCUT2D eigenvalue weighted by atomic mass is 9.97. The molecule has 5 nitrogen and oxygen atoms in total. The molecule has 0 bridgehead atoms. The van der Waals surface area contributed by atoms with E-state index in [2.05, 4.69) is 10.1 Å². The second-order valence-electron chi connectivity index (χ2n) is 5.85. The van der Waals surface area contributed by atoms with Gasteiger partial charge in [-0.15, -0.1) is 0 Å². The van der Waals surface area contributed by atoms with Gasteiger partial charge in [0.05, 0.1) is 5.92 Å². The Hall–Kier alpha value is -1.88. The maximum Gasteiger partial charge on any atom is 0.231 e. The fraction of sp³-hybridized carbons (Fsp3) is 0.471. The number of hydrogen-bond acceptors (Lipinski definition) is 4. The molecule has 1 saturated heterocycles. The second kappa shape index (κ2) is 7.13. The Morgan fingerprint density at radius 3 is 2.83 bits per heavy atom. The molecule has 1 fully saturated rings. The molecule has 23 heavy (non-hydrogen) atoms. The predicted octanol–water partition coefficient (Wildman–Crippen LogP) is 3.23. The van der Waals surface area contributed by atoms with Crippen LogP contribution in [0.5, 0.6) is 0 Å². The molecule has 2 aromatic rings. The average Bonchev–Trinajstić information content (AvgIpc) is 3.05. The van der Waals surface area contributed by atoms with Crippen molar-refractivity contribution in [1.82, 2.24) is 15.0 Å². The normalized spacial score (nSPS) is 18.4. The van der Waals surface area contributed by atoms with E-state index in [-0.39, 0.29) is 11.8 Å². The smallest absolute Gasteiger partial charge is 0.231 e. The summed E-state index contributed by atoms with van der Waals surface area (Å²) in [7, 11) is 0. The van der Waals surface area contributed by atoms with Crippen LogP contribution in [0.25, 0.3) is 0 Å². The molecular formula is C17H20ClN3O2. The van der Waals surface area contributed by atoms with Gasteiger partial charge in [-0.05, 0) is 30.5 Å². The molecule has 1 aliphatic heterocycles. The van der Waals surface area contributed by atoms with Crippen LogP contribution in [0, 0.1) is 0 Å². The van der Waals surface area contributed by atoms with E-state index in [4.69, 9.17) is 16.1 Å². The third-order valence-corrected chi connectivity index (χ3v) is 4.49. The van der Waals surface area contributed by atoms with Gasteiger partial charge in [0.25, 0.3) is 0 Å². The number of rotatable bonds is 5. The minimum Gasteiger partial charge on any atom is -0.342 e. The van der Waals surface area contributed by atoms with Crippen molar-refractivity contribution in [2.75, 3.05) is 13.1 Å². The Labute approximate surface area is 140 Å². The first-order valence-corrected chi connectivity index (χ1v) is 8.38. The number of aryl methyl sites for hydroxylation is 1. The van der Waals surface area contributed by atoms with E-state index in [0.29, 0.717) is 25.4 Å². The molecule has 1 aromatic carbocycles. The molecule has 0 radical (unpaired) electrons. The lowest BCUT2D eigenvalue weighted by Gasteiger charge is -2.31. The highest BCUT2D eigenvalue weighted by molar-refractivity contribution is 6.30. The van der Waals surface area contributed by atoms with Gasteiger partial charge in [-0.2, -0.15) is 4.98 Å². The molecule has 3 rings (SSSR count). The van der Waals surface area contributed by atoms with Crippen LogP contribution in [0.4, 0.5) is 0 Å². The number of carbonyl (C=O) groups excluding carboxylic acids is 1. The molecule has 0 N–H and O–H groups in total. The average molecular weight is 334 g/mol. The number of likely N-dealkylation sites (tertiary alicyclic amines) is 1. The minimum atomic E-state index is 0.144.